The lowest BCUT2D eigenvalue weighted by Gasteiger charge is -2.09. The van der Waals surface area contributed by atoms with Crippen LogP contribution in [0.4, 0.5) is 17.6 Å². The number of ether oxygens (including phenoxy) is 1. The van der Waals surface area contributed by atoms with E-state index >= 15 is 0 Å². The van der Waals surface area contributed by atoms with Crippen LogP contribution in [0.2, 0.25) is 0 Å². The smallest absolute Gasteiger partial charge is 0.353 e. The van der Waals surface area contributed by atoms with Gasteiger partial charge in [0.15, 0.2) is 11.6 Å². The van der Waals surface area contributed by atoms with Crippen LogP contribution in [0.25, 0.3) is 19.5 Å². The molecule has 29 heavy (non-hydrogen) atoms. The van der Waals surface area contributed by atoms with Crippen LogP contribution in [0.3, 0.4) is 0 Å². The summed E-state index contributed by atoms with van der Waals surface area (Å²) in [5.41, 5.74) is -0.822. The number of carbonyl (C=O) groups is 1. The minimum Gasteiger partial charge on any atom is -0.416 e. The fourth-order valence-corrected chi connectivity index (χ4v) is 5.37. The maximum absolute atomic E-state index is 13.9. The monoisotopic (exact) mass is 454 g/mol. The zero-order valence-corrected chi connectivity index (χ0v) is 17.0. The Labute approximate surface area is 174 Å². The molecule has 0 saturated heterocycles. The average Bonchev–Trinajstić information content (AvgIpc) is 3.47. The maximum Gasteiger partial charge on any atom is 0.353 e. The molecule has 0 radical (unpaired) electrons. The standard InChI is InChI=1S/C20H10F4O2S3/c1-9-15(21)17(23)19(18(24)16(9)22)26-20(25)14-7-6-13(29-14)12-5-4-11(28-12)10-3-2-8-27-10/h2-8H,1H3. The Morgan fingerprint density at radius 3 is 2.00 bits per heavy atom. The van der Waals surface area contributed by atoms with Crippen molar-refractivity contribution in [1.29, 1.82) is 0 Å². The van der Waals surface area contributed by atoms with E-state index in [1.165, 1.54) is 17.4 Å². The highest BCUT2D eigenvalue weighted by Crippen LogP contribution is 2.39. The van der Waals surface area contributed by atoms with Crippen molar-refractivity contribution in [3.8, 4) is 25.3 Å². The molecule has 0 saturated carbocycles. The van der Waals surface area contributed by atoms with Crippen LogP contribution in [0, 0.1) is 30.2 Å². The summed E-state index contributed by atoms with van der Waals surface area (Å²) in [5.74, 6) is -9.18. The molecule has 0 aliphatic rings. The zero-order chi connectivity index (χ0) is 20.7. The van der Waals surface area contributed by atoms with Crippen LogP contribution in [-0.2, 0) is 0 Å². The number of carbonyl (C=O) groups excluding carboxylic acids is 1. The first kappa shape index (κ1) is 19.8. The number of halogens is 4. The van der Waals surface area contributed by atoms with Crippen LogP contribution >= 0.6 is 34.0 Å². The second-order valence-corrected chi connectivity index (χ2v) is 9.02. The minimum absolute atomic E-state index is 0.0475. The van der Waals surface area contributed by atoms with Crippen molar-refractivity contribution in [2.45, 2.75) is 6.92 Å². The Kier molecular flexibility index (Phi) is 5.28. The Morgan fingerprint density at radius 2 is 1.38 bits per heavy atom. The van der Waals surface area contributed by atoms with E-state index in [9.17, 15) is 22.4 Å². The Balaban J connectivity index is 1.59. The summed E-state index contributed by atoms with van der Waals surface area (Å²) >= 11 is 4.20. The van der Waals surface area contributed by atoms with E-state index in [1.807, 2.05) is 29.6 Å². The summed E-state index contributed by atoms with van der Waals surface area (Å²) < 4.78 is 59.8. The van der Waals surface area contributed by atoms with Crippen molar-refractivity contribution in [1.82, 2.24) is 0 Å². The van der Waals surface area contributed by atoms with Crippen molar-refractivity contribution in [2.75, 3.05) is 0 Å². The number of hydrogen-bond donors (Lipinski definition) is 0. The molecule has 3 heterocycles. The Hall–Kier alpha value is -2.49. The van der Waals surface area contributed by atoms with E-state index in [-0.39, 0.29) is 4.88 Å². The van der Waals surface area contributed by atoms with Gasteiger partial charge in [-0.05, 0) is 42.6 Å². The quantitative estimate of drug-likeness (QED) is 0.140. The molecular weight excluding hydrogens is 444 g/mol. The molecule has 0 N–H and O–H groups in total. The predicted molar refractivity (Wildman–Crippen MR) is 107 cm³/mol. The third-order valence-electron chi connectivity index (χ3n) is 4.06. The van der Waals surface area contributed by atoms with Crippen molar-refractivity contribution in [3.05, 3.63) is 75.5 Å². The molecule has 1 aromatic carbocycles. The highest BCUT2D eigenvalue weighted by Gasteiger charge is 2.27. The van der Waals surface area contributed by atoms with E-state index in [1.54, 1.807) is 17.4 Å². The fourth-order valence-electron chi connectivity index (χ4n) is 2.56. The van der Waals surface area contributed by atoms with Gasteiger partial charge in [0.05, 0.1) is 0 Å². The number of benzene rings is 1. The molecule has 2 nitrogen and oxygen atoms in total. The van der Waals surface area contributed by atoms with Crippen molar-refractivity contribution >= 4 is 40.0 Å². The lowest BCUT2D eigenvalue weighted by molar-refractivity contribution is 0.0722. The molecule has 0 fully saturated rings. The second kappa shape index (κ2) is 7.74. The molecule has 0 amide bonds. The van der Waals surface area contributed by atoms with Crippen LogP contribution in [0.1, 0.15) is 15.2 Å². The van der Waals surface area contributed by atoms with E-state index in [2.05, 4.69) is 4.74 Å². The molecule has 148 valence electrons. The van der Waals surface area contributed by atoms with Crippen LogP contribution in [0.5, 0.6) is 5.75 Å². The van der Waals surface area contributed by atoms with Gasteiger partial charge in [-0.1, -0.05) is 6.07 Å². The van der Waals surface area contributed by atoms with Crippen LogP contribution in [-0.4, -0.2) is 5.97 Å². The summed E-state index contributed by atoms with van der Waals surface area (Å²) in [6.07, 6.45) is 0. The first-order valence-corrected chi connectivity index (χ1v) is 10.7. The third-order valence-corrected chi connectivity index (χ3v) is 7.47. The van der Waals surface area contributed by atoms with Gasteiger partial charge in [0, 0.05) is 25.1 Å². The molecule has 9 heteroatoms. The van der Waals surface area contributed by atoms with Crippen molar-refractivity contribution in [2.24, 2.45) is 0 Å². The molecule has 0 unspecified atom stereocenters. The Bertz CT molecular complexity index is 1180. The lowest BCUT2D eigenvalue weighted by atomic mass is 10.2. The molecule has 0 spiro atoms. The van der Waals surface area contributed by atoms with Gasteiger partial charge in [-0.2, -0.15) is 8.78 Å². The molecule has 0 atom stereocenters. The normalized spacial score (nSPS) is 11.1. The predicted octanol–water partition coefficient (Wildman–Crippen LogP) is 7.29. The average molecular weight is 454 g/mol. The van der Waals surface area contributed by atoms with E-state index < -0.39 is 40.6 Å². The molecule has 4 rings (SSSR count). The highest BCUT2D eigenvalue weighted by atomic mass is 32.1. The van der Waals surface area contributed by atoms with Gasteiger partial charge in [0.2, 0.25) is 17.4 Å². The summed E-state index contributed by atoms with van der Waals surface area (Å²) in [4.78, 5) is 16.2. The molecule has 0 aliphatic carbocycles. The van der Waals surface area contributed by atoms with Gasteiger partial charge < -0.3 is 4.74 Å². The van der Waals surface area contributed by atoms with Crippen molar-refractivity contribution < 1.29 is 27.1 Å². The first-order chi connectivity index (χ1) is 13.9. The van der Waals surface area contributed by atoms with Crippen LogP contribution < -0.4 is 4.74 Å². The second-order valence-electron chi connectivity index (χ2n) is 5.90. The van der Waals surface area contributed by atoms with E-state index in [0.717, 1.165) is 37.8 Å². The summed E-state index contributed by atoms with van der Waals surface area (Å²) in [5, 5.41) is 1.98. The topological polar surface area (TPSA) is 26.3 Å². The third kappa shape index (κ3) is 3.61. The molecule has 4 aromatic rings. The number of thiophene rings is 3. The molecular formula is C20H10F4O2S3. The lowest BCUT2D eigenvalue weighted by Crippen LogP contribution is -2.12. The van der Waals surface area contributed by atoms with Gasteiger partial charge in [0.1, 0.15) is 4.88 Å². The zero-order valence-electron chi connectivity index (χ0n) is 14.6. The van der Waals surface area contributed by atoms with Crippen LogP contribution in [0.15, 0.2) is 41.8 Å². The number of esters is 1. The van der Waals surface area contributed by atoms with Gasteiger partial charge >= 0.3 is 5.97 Å². The van der Waals surface area contributed by atoms with E-state index in [0.29, 0.717) is 0 Å². The van der Waals surface area contributed by atoms with Gasteiger partial charge in [-0.25, -0.2) is 13.6 Å². The first-order valence-electron chi connectivity index (χ1n) is 8.15. The summed E-state index contributed by atoms with van der Waals surface area (Å²) in [6, 6.07) is 10.9. The van der Waals surface area contributed by atoms with Gasteiger partial charge in [-0.3, -0.25) is 0 Å². The SMILES string of the molecule is Cc1c(F)c(F)c(OC(=O)c2ccc(-c3ccc(-c4cccs4)s3)s2)c(F)c1F. The number of rotatable bonds is 4. The molecule has 0 aliphatic heterocycles. The van der Waals surface area contributed by atoms with Gasteiger partial charge in [-0.15, -0.1) is 34.0 Å². The minimum atomic E-state index is -1.75. The molecule has 0 bridgehead atoms. The van der Waals surface area contributed by atoms with Gasteiger partial charge in [0.25, 0.3) is 0 Å². The molecule has 3 aromatic heterocycles. The fraction of sp³-hybridized carbons (Fsp3) is 0.0500. The largest absolute Gasteiger partial charge is 0.416 e. The highest BCUT2D eigenvalue weighted by molar-refractivity contribution is 7.26. The summed E-state index contributed by atoms with van der Waals surface area (Å²) in [6.45, 7) is 0.888. The summed E-state index contributed by atoms with van der Waals surface area (Å²) in [7, 11) is 0. The van der Waals surface area contributed by atoms with E-state index in [4.69, 9.17) is 0 Å². The van der Waals surface area contributed by atoms with Crippen molar-refractivity contribution in [3.63, 3.8) is 0 Å². The number of hydrogen-bond acceptors (Lipinski definition) is 5. The Morgan fingerprint density at radius 1 is 0.793 bits per heavy atom. The maximum atomic E-state index is 13.9.